The van der Waals surface area contributed by atoms with Crippen LogP contribution in [-0.4, -0.2) is 11.1 Å². The molecule has 0 aliphatic heterocycles. The zero-order valence-electron chi connectivity index (χ0n) is 7.16. The molecule has 13 heavy (non-hydrogen) atoms. The van der Waals surface area contributed by atoms with E-state index in [9.17, 15) is 4.79 Å². The Morgan fingerprint density at radius 2 is 2.00 bits per heavy atom. The molecule has 1 aromatic rings. The number of nitrogens with two attached hydrogens (primary N) is 1. The lowest BCUT2D eigenvalue weighted by molar-refractivity contribution is -0.140. The molecule has 0 bridgehead atoms. The summed E-state index contributed by atoms with van der Waals surface area (Å²) in [6, 6.07) is 7.19. The minimum atomic E-state index is -0.759. The van der Waals surface area contributed by atoms with Crippen molar-refractivity contribution < 1.29 is 9.90 Å². The Morgan fingerprint density at radius 3 is 2.46 bits per heavy atom. The van der Waals surface area contributed by atoms with Crippen molar-refractivity contribution in [2.45, 2.75) is 18.3 Å². The molecule has 1 saturated carbocycles. The zero-order chi connectivity index (χ0) is 9.47. The third-order valence-corrected chi connectivity index (χ3v) is 2.64. The average molecular weight is 177 g/mol. The first-order chi connectivity index (χ1) is 6.17. The number of nitrogen functional groups attached to an aromatic ring is 1. The van der Waals surface area contributed by atoms with Gasteiger partial charge in [-0.15, -0.1) is 0 Å². The summed E-state index contributed by atoms with van der Waals surface area (Å²) >= 11 is 0. The molecule has 68 valence electrons. The molecule has 3 heteroatoms. The third-order valence-electron chi connectivity index (χ3n) is 2.64. The molecular formula is C10H11NO2. The topological polar surface area (TPSA) is 63.3 Å². The van der Waals surface area contributed by atoms with Crippen LogP contribution < -0.4 is 5.73 Å². The molecule has 0 spiro atoms. The fourth-order valence-corrected chi connectivity index (χ4v) is 1.66. The Labute approximate surface area is 76.2 Å². The second-order valence-corrected chi connectivity index (χ2v) is 3.47. The molecule has 3 N–H and O–H groups in total. The maximum Gasteiger partial charge on any atom is 0.314 e. The van der Waals surface area contributed by atoms with Crippen molar-refractivity contribution in [3.8, 4) is 0 Å². The van der Waals surface area contributed by atoms with Crippen LogP contribution in [0.25, 0.3) is 0 Å². The Kier molecular flexibility index (Phi) is 1.55. The molecule has 0 atom stereocenters. The summed E-state index contributed by atoms with van der Waals surface area (Å²) in [6.45, 7) is 0. The number of aliphatic carboxylic acids is 1. The SMILES string of the molecule is Nc1ccccc1C1(C(=O)O)CC1. The fraction of sp³-hybridized carbons (Fsp3) is 0.300. The maximum absolute atomic E-state index is 11.0. The molecule has 1 aromatic carbocycles. The van der Waals surface area contributed by atoms with Gasteiger partial charge >= 0.3 is 5.97 Å². The Hall–Kier alpha value is -1.51. The Bertz CT molecular complexity index is 356. The molecule has 2 rings (SSSR count). The van der Waals surface area contributed by atoms with Crippen LogP contribution >= 0.6 is 0 Å². The van der Waals surface area contributed by atoms with Crippen molar-refractivity contribution >= 4 is 11.7 Å². The second kappa shape index (κ2) is 2.49. The summed E-state index contributed by atoms with van der Waals surface area (Å²) in [5.41, 5.74) is 6.40. The summed E-state index contributed by atoms with van der Waals surface area (Å²) < 4.78 is 0. The first-order valence-electron chi connectivity index (χ1n) is 4.25. The molecule has 3 nitrogen and oxygen atoms in total. The molecule has 0 radical (unpaired) electrons. The standard InChI is InChI=1S/C10H11NO2/c11-8-4-2-1-3-7(8)10(5-6-10)9(12)13/h1-4H,5-6,11H2,(H,12,13). The van der Waals surface area contributed by atoms with Gasteiger partial charge in [-0.25, -0.2) is 0 Å². The van der Waals surface area contributed by atoms with Gasteiger partial charge in [-0.2, -0.15) is 0 Å². The average Bonchev–Trinajstić information content (AvgIpc) is 2.85. The number of hydrogen-bond donors (Lipinski definition) is 2. The van der Waals surface area contributed by atoms with Crippen molar-refractivity contribution in [2.75, 3.05) is 5.73 Å². The molecule has 0 amide bonds. The quantitative estimate of drug-likeness (QED) is 0.671. The van der Waals surface area contributed by atoms with E-state index in [4.69, 9.17) is 10.8 Å². The lowest BCUT2D eigenvalue weighted by Gasteiger charge is -2.12. The van der Waals surface area contributed by atoms with E-state index in [1.807, 2.05) is 12.1 Å². The summed E-state index contributed by atoms with van der Waals surface area (Å²) in [4.78, 5) is 11.0. The fourth-order valence-electron chi connectivity index (χ4n) is 1.66. The first kappa shape index (κ1) is 8.10. The summed E-state index contributed by atoms with van der Waals surface area (Å²) in [7, 11) is 0. The van der Waals surface area contributed by atoms with E-state index in [0.29, 0.717) is 18.5 Å². The van der Waals surface area contributed by atoms with Crippen LogP contribution in [-0.2, 0) is 10.2 Å². The minimum absolute atomic E-state index is 0.586. The van der Waals surface area contributed by atoms with Crippen molar-refractivity contribution in [1.29, 1.82) is 0 Å². The number of hydrogen-bond acceptors (Lipinski definition) is 2. The number of benzene rings is 1. The smallest absolute Gasteiger partial charge is 0.314 e. The molecule has 0 heterocycles. The van der Waals surface area contributed by atoms with E-state index in [-0.39, 0.29) is 0 Å². The van der Waals surface area contributed by atoms with Crippen LogP contribution in [0.4, 0.5) is 5.69 Å². The van der Waals surface area contributed by atoms with Gasteiger partial charge in [0.2, 0.25) is 0 Å². The van der Waals surface area contributed by atoms with Gasteiger partial charge < -0.3 is 10.8 Å². The molecule has 0 aromatic heterocycles. The number of carboxylic acids is 1. The Balaban J connectivity index is 2.47. The van der Waals surface area contributed by atoms with Crippen LogP contribution in [0.15, 0.2) is 24.3 Å². The lowest BCUT2D eigenvalue weighted by Crippen LogP contribution is -2.20. The predicted molar refractivity (Wildman–Crippen MR) is 49.4 cm³/mol. The van der Waals surface area contributed by atoms with Crippen LogP contribution in [0, 0.1) is 0 Å². The molecule has 0 unspecified atom stereocenters. The van der Waals surface area contributed by atoms with Crippen molar-refractivity contribution in [3.63, 3.8) is 0 Å². The molecule has 1 aliphatic carbocycles. The van der Waals surface area contributed by atoms with E-state index in [1.54, 1.807) is 12.1 Å². The highest BCUT2D eigenvalue weighted by atomic mass is 16.4. The van der Waals surface area contributed by atoms with Gasteiger partial charge in [-0.3, -0.25) is 4.79 Å². The van der Waals surface area contributed by atoms with Gasteiger partial charge in [0.15, 0.2) is 0 Å². The van der Waals surface area contributed by atoms with Crippen molar-refractivity contribution in [1.82, 2.24) is 0 Å². The molecular weight excluding hydrogens is 166 g/mol. The van der Waals surface area contributed by atoms with E-state index >= 15 is 0 Å². The second-order valence-electron chi connectivity index (χ2n) is 3.47. The van der Waals surface area contributed by atoms with E-state index in [2.05, 4.69) is 0 Å². The monoisotopic (exact) mass is 177 g/mol. The number of anilines is 1. The Morgan fingerprint density at radius 1 is 1.38 bits per heavy atom. The number of carboxylic acid groups (broad SMARTS) is 1. The van der Waals surface area contributed by atoms with Crippen LogP contribution in [0.5, 0.6) is 0 Å². The van der Waals surface area contributed by atoms with Gasteiger partial charge in [-0.05, 0) is 24.5 Å². The number of carbonyl (C=O) groups is 1. The van der Waals surface area contributed by atoms with Crippen LogP contribution in [0.3, 0.4) is 0 Å². The van der Waals surface area contributed by atoms with Gasteiger partial charge in [-0.1, -0.05) is 18.2 Å². The van der Waals surface area contributed by atoms with Crippen LogP contribution in [0.1, 0.15) is 18.4 Å². The predicted octanol–water partition coefficient (Wildman–Crippen LogP) is 1.39. The number of rotatable bonds is 2. The molecule has 1 aliphatic rings. The van der Waals surface area contributed by atoms with E-state index in [1.165, 1.54) is 0 Å². The first-order valence-corrected chi connectivity index (χ1v) is 4.25. The van der Waals surface area contributed by atoms with Crippen molar-refractivity contribution in [3.05, 3.63) is 29.8 Å². The normalized spacial score (nSPS) is 18.2. The highest BCUT2D eigenvalue weighted by molar-refractivity contribution is 5.87. The molecule has 1 fully saturated rings. The van der Waals surface area contributed by atoms with Crippen LogP contribution in [0.2, 0.25) is 0 Å². The minimum Gasteiger partial charge on any atom is -0.481 e. The van der Waals surface area contributed by atoms with Crippen molar-refractivity contribution in [2.24, 2.45) is 0 Å². The highest BCUT2D eigenvalue weighted by Crippen LogP contribution is 2.50. The summed E-state index contributed by atoms with van der Waals surface area (Å²) in [6.07, 6.45) is 1.41. The van der Waals surface area contributed by atoms with Gasteiger partial charge in [0.1, 0.15) is 0 Å². The number of para-hydroxylation sites is 1. The van der Waals surface area contributed by atoms with E-state index < -0.39 is 11.4 Å². The zero-order valence-corrected chi connectivity index (χ0v) is 7.16. The summed E-state index contributed by atoms with van der Waals surface area (Å²) in [5, 5.41) is 9.03. The largest absolute Gasteiger partial charge is 0.481 e. The van der Waals surface area contributed by atoms with Gasteiger partial charge in [0.05, 0.1) is 5.41 Å². The van der Waals surface area contributed by atoms with E-state index in [0.717, 1.165) is 5.56 Å². The third kappa shape index (κ3) is 1.08. The van der Waals surface area contributed by atoms with Gasteiger partial charge in [0.25, 0.3) is 0 Å². The summed E-state index contributed by atoms with van der Waals surface area (Å²) in [5.74, 6) is -0.759. The highest BCUT2D eigenvalue weighted by Gasteiger charge is 2.52. The lowest BCUT2D eigenvalue weighted by atomic mass is 9.95. The molecule has 0 saturated heterocycles. The maximum atomic E-state index is 11.0. The van der Waals surface area contributed by atoms with Gasteiger partial charge in [0, 0.05) is 5.69 Å².